The molecule has 0 amide bonds. The van der Waals surface area contributed by atoms with Gasteiger partial charge in [-0.3, -0.25) is 4.79 Å². The van der Waals surface area contributed by atoms with Crippen LogP contribution in [0.4, 0.5) is 0 Å². The van der Waals surface area contributed by atoms with Crippen LogP contribution in [0, 0.1) is 0 Å². The highest BCUT2D eigenvalue weighted by Crippen LogP contribution is 1.82. The lowest BCUT2D eigenvalue weighted by Gasteiger charge is -2.03. The number of carboxylic acids is 1. The van der Waals surface area contributed by atoms with Gasteiger partial charge in [0, 0.05) is 6.42 Å². The van der Waals surface area contributed by atoms with Gasteiger partial charge in [0.1, 0.15) is 0 Å². The van der Waals surface area contributed by atoms with Crippen molar-refractivity contribution in [3.8, 4) is 0 Å². The zero-order valence-corrected chi connectivity index (χ0v) is 5.98. The number of hydrogen-bond donors (Lipinski definition) is 2. The monoisotopic (exact) mass is 132 g/mol. The molecular weight excluding hydrogens is 118 g/mol. The Morgan fingerprint density at radius 1 is 1.56 bits per heavy atom. The lowest BCUT2D eigenvalue weighted by molar-refractivity contribution is -0.858. The molecule has 0 fully saturated rings. The molecule has 0 aromatic heterocycles. The van der Waals surface area contributed by atoms with E-state index in [1.165, 1.54) is 4.90 Å². The maximum Gasteiger partial charge on any atom is 0.303 e. The molecule has 0 aliphatic heterocycles. The second-order valence-electron chi connectivity index (χ2n) is 2.45. The lowest BCUT2D eigenvalue weighted by Crippen LogP contribution is -3.05. The SMILES string of the molecule is C[NH+](C)CCCC(=O)O. The Morgan fingerprint density at radius 3 is 2.44 bits per heavy atom. The molecule has 9 heavy (non-hydrogen) atoms. The van der Waals surface area contributed by atoms with Crippen molar-refractivity contribution in [2.24, 2.45) is 0 Å². The van der Waals surface area contributed by atoms with Gasteiger partial charge >= 0.3 is 5.97 Å². The van der Waals surface area contributed by atoms with Gasteiger partial charge in [-0.25, -0.2) is 0 Å². The van der Waals surface area contributed by atoms with Crippen LogP contribution in [0.1, 0.15) is 12.8 Å². The highest BCUT2D eigenvalue weighted by molar-refractivity contribution is 5.66. The van der Waals surface area contributed by atoms with Gasteiger partial charge in [0.2, 0.25) is 0 Å². The summed E-state index contributed by atoms with van der Waals surface area (Å²) < 4.78 is 0. The number of carboxylic acid groups (broad SMARTS) is 1. The zero-order valence-electron chi connectivity index (χ0n) is 5.98. The van der Waals surface area contributed by atoms with E-state index in [-0.39, 0.29) is 0 Å². The van der Waals surface area contributed by atoms with Crippen LogP contribution in [0.15, 0.2) is 0 Å². The first kappa shape index (κ1) is 8.43. The second kappa shape index (κ2) is 4.32. The Morgan fingerprint density at radius 2 is 2.11 bits per heavy atom. The highest BCUT2D eigenvalue weighted by atomic mass is 16.4. The molecule has 2 N–H and O–H groups in total. The van der Waals surface area contributed by atoms with Gasteiger partial charge in [0.15, 0.2) is 0 Å². The van der Waals surface area contributed by atoms with Gasteiger partial charge in [-0.05, 0) is 0 Å². The normalized spacial score (nSPS) is 10.1. The van der Waals surface area contributed by atoms with E-state index in [4.69, 9.17) is 5.11 Å². The first-order valence-corrected chi connectivity index (χ1v) is 3.13. The number of rotatable bonds is 4. The minimum atomic E-state index is -0.698. The van der Waals surface area contributed by atoms with E-state index < -0.39 is 5.97 Å². The molecule has 0 aromatic carbocycles. The Hall–Kier alpha value is -0.570. The van der Waals surface area contributed by atoms with E-state index >= 15 is 0 Å². The summed E-state index contributed by atoms with van der Waals surface area (Å²) in [5, 5.41) is 8.22. The largest absolute Gasteiger partial charge is 0.481 e. The van der Waals surface area contributed by atoms with E-state index in [0.717, 1.165) is 13.0 Å². The Balaban J connectivity index is 3.01. The number of aliphatic carboxylic acids is 1. The van der Waals surface area contributed by atoms with Crippen molar-refractivity contribution in [1.29, 1.82) is 0 Å². The van der Waals surface area contributed by atoms with E-state index in [1.807, 2.05) is 14.1 Å². The summed E-state index contributed by atoms with van der Waals surface area (Å²) in [6.45, 7) is 0.937. The quantitative estimate of drug-likeness (QED) is 0.515. The van der Waals surface area contributed by atoms with Crippen molar-refractivity contribution >= 4 is 5.97 Å². The summed E-state index contributed by atoms with van der Waals surface area (Å²) in [6.07, 6.45) is 1.07. The number of nitrogens with one attached hydrogen (secondary N) is 1. The molecule has 0 rings (SSSR count). The van der Waals surface area contributed by atoms with Crippen molar-refractivity contribution in [2.45, 2.75) is 12.8 Å². The molecule has 0 atom stereocenters. The van der Waals surface area contributed by atoms with Crippen LogP contribution in [0.3, 0.4) is 0 Å². The number of hydrogen-bond acceptors (Lipinski definition) is 1. The fourth-order valence-electron chi connectivity index (χ4n) is 0.593. The van der Waals surface area contributed by atoms with Crippen LogP contribution in [0.2, 0.25) is 0 Å². The smallest absolute Gasteiger partial charge is 0.303 e. The summed E-state index contributed by atoms with van der Waals surface area (Å²) in [4.78, 5) is 11.3. The average molecular weight is 132 g/mol. The number of carbonyl (C=O) groups is 1. The zero-order chi connectivity index (χ0) is 7.28. The summed E-state index contributed by atoms with van der Waals surface area (Å²) in [7, 11) is 4.03. The lowest BCUT2D eigenvalue weighted by atomic mass is 10.3. The van der Waals surface area contributed by atoms with Gasteiger partial charge < -0.3 is 10.0 Å². The van der Waals surface area contributed by atoms with Crippen LogP contribution in [-0.4, -0.2) is 31.7 Å². The topological polar surface area (TPSA) is 41.7 Å². The molecule has 0 heterocycles. The third-order valence-corrected chi connectivity index (χ3v) is 1.07. The van der Waals surface area contributed by atoms with Crippen LogP contribution in [0.25, 0.3) is 0 Å². The van der Waals surface area contributed by atoms with Crippen molar-refractivity contribution in [2.75, 3.05) is 20.6 Å². The van der Waals surface area contributed by atoms with Crippen LogP contribution < -0.4 is 4.90 Å². The minimum absolute atomic E-state index is 0.297. The van der Waals surface area contributed by atoms with E-state index in [9.17, 15) is 4.79 Å². The molecule has 0 spiro atoms. The van der Waals surface area contributed by atoms with Gasteiger partial charge in [0.05, 0.1) is 27.1 Å². The second-order valence-corrected chi connectivity index (χ2v) is 2.45. The van der Waals surface area contributed by atoms with Gasteiger partial charge in [-0.15, -0.1) is 0 Å². The minimum Gasteiger partial charge on any atom is -0.481 e. The summed E-state index contributed by atoms with van der Waals surface area (Å²) in [6, 6.07) is 0. The van der Waals surface area contributed by atoms with Crippen LogP contribution in [0.5, 0.6) is 0 Å². The molecule has 3 nitrogen and oxygen atoms in total. The average Bonchev–Trinajstić information content (AvgIpc) is 1.63. The third kappa shape index (κ3) is 7.43. The molecular formula is C6H14NO2+. The summed E-state index contributed by atoms with van der Waals surface area (Å²) in [5.74, 6) is -0.698. The molecule has 0 saturated carbocycles. The molecule has 0 bridgehead atoms. The molecule has 54 valence electrons. The predicted octanol–water partition coefficient (Wildman–Crippen LogP) is -1.00. The van der Waals surface area contributed by atoms with Crippen molar-refractivity contribution in [1.82, 2.24) is 0 Å². The fourth-order valence-corrected chi connectivity index (χ4v) is 0.593. The van der Waals surface area contributed by atoms with Crippen molar-refractivity contribution in [3.05, 3.63) is 0 Å². The van der Waals surface area contributed by atoms with Gasteiger partial charge in [-0.1, -0.05) is 0 Å². The predicted molar refractivity (Wildman–Crippen MR) is 34.5 cm³/mol. The maximum atomic E-state index is 9.97. The highest BCUT2D eigenvalue weighted by Gasteiger charge is 1.97. The Labute approximate surface area is 55.3 Å². The fraction of sp³-hybridized carbons (Fsp3) is 0.833. The first-order chi connectivity index (χ1) is 4.13. The number of quaternary nitrogens is 1. The van der Waals surface area contributed by atoms with Gasteiger partial charge in [-0.2, -0.15) is 0 Å². The van der Waals surface area contributed by atoms with Crippen molar-refractivity contribution < 1.29 is 14.8 Å². The summed E-state index contributed by atoms with van der Waals surface area (Å²) in [5.41, 5.74) is 0. The molecule has 0 unspecified atom stereocenters. The maximum absolute atomic E-state index is 9.97. The third-order valence-electron chi connectivity index (χ3n) is 1.07. The molecule has 0 aliphatic carbocycles. The van der Waals surface area contributed by atoms with E-state index in [2.05, 4.69) is 0 Å². The standard InChI is InChI=1S/C6H13NO2/c1-7(2)5-3-4-6(8)9/h3-5H2,1-2H3,(H,8,9)/p+1. The van der Waals surface area contributed by atoms with E-state index in [0.29, 0.717) is 6.42 Å². The molecule has 0 aliphatic rings. The van der Waals surface area contributed by atoms with Crippen molar-refractivity contribution in [3.63, 3.8) is 0 Å². The Bertz CT molecular complexity index is 91.1. The Kier molecular flexibility index (Phi) is 4.05. The van der Waals surface area contributed by atoms with Gasteiger partial charge in [0.25, 0.3) is 0 Å². The molecule has 0 aromatic rings. The van der Waals surface area contributed by atoms with Crippen LogP contribution >= 0.6 is 0 Å². The van der Waals surface area contributed by atoms with Crippen LogP contribution in [-0.2, 0) is 4.79 Å². The summed E-state index contributed by atoms with van der Waals surface area (Å²) >= 11 is 0. The molecule has 0 saturated heterocycles. The molecule has 0 radical (unpaired) electrons. The molecule has 3 heteroatoms. The van der Waals surface area contributed by atoms with E-state index in [1.54, 1.807) is 0 Å². The first-order valence-electron chi connectivity index (χ1n) is 3.13.